The molecule has 0 aliphatic heterocycles. The summed E-state index contributed by atoms with van der Waals surface area (Å²) in [5.41, 5.74) is 2.95. The van der Waals surface area contributed by atoms with Crippen molar-refractivity contribution in [1.82, 2.24) is 9.88 Å². The van der Waals surface area contributed by atoms with E-state index in [0.717, 1.165) is 29.7 Å². The van der Waals surface area contributed by atoms with Gasteiger partial charge in [0.15, 0.2) is 0 Å². The smallest absolute Gasteiger partial charge is 0.238 e. The molecule has 1 aromatic carbocycles. The van der Waals surface area contributed by atoms with Crippen molar-refractivity contribution in [2.24, 2.45) is 0 Å². The van der Waals surface area contributed by atoms with Gasteiger partial charge in [0.05, 0.1) is 6.54 Å². The van der Waals surface area contributed by atoms with Crippen molar-refractivity contribution < 1.29 is 9.59 Å². The van der Waals surface area contributed by atoms with Gasteiger partial charge in [0.1, 0.15) is 5.82 Å². The van der Waals surface area contributed by atoms with Crippen LogP contribution in [0.4, 0.5) is 11.5 Å². The van der Waals surface area contributed by atoms with Gasteiger partial charge >= 0.3 is 0 Å². The van der Waals surface area contributed by atoms with Gasteiger partial charge in [-0.2, -0.15) is 0 Å². The molecule has 1 saturated carbocycles. The van der Waals surface area contributed by atoms with Gasteiger partial charge in [0, 0.05) is 35.9 Å². The molecule has 1 aliphatic rings. The number of para-hydroxylation sites is 1. The third kappa shape index (κ3) is 5.78. The molecule has 0 atom stereocenters. The fourth-order valence-electron chi connectivity index (χ4n) is 3.13. The summed E-state index contributed by atoms with van der Waals surface area (Å²) in [6.45, 7) is 4.77. The summed E-state index contributed by atoms with van der Waals surface area (Å²) in [5.74, 6) is 0.236. The van der Waals surface area contributed by atoms with Gasteiger partial charge in [-0.05, 0) is 49.9 Å². The minimum absolute atomic E-state index is 0.0544. The standard InChI is InChI=1S/C21H25ClN4O2/c1-14-4-3-5-15(2)21(14)25-20(28)13-26(17-6-7-17)11-9-19(27)24-18-12-16(22)8-10-23-18/h3-5,8,10,12,17H,6-7,9,11,13H2,1-2H3,(H,25,28)(H,23,24,27). The number of anilines is 2. The van der Waals surface area contributed by atoms with Crippen molar-refractivity contribution >= 4 is 34.9 Å². The Hall–Kier alpha value is -2.44. The minimum atomic E-state index is -0.143. The van der Waals surface area contributed by atoms with Crippen LogP contribution in [0.2, 0.25) is 5.02 Å². The van der Waals surface area contributed by atoms with E-state index < -0.39 is 0 Å². The number of benzene rings is 1. The van der Waals surface area contributed by atoms with E-state index in [1.165, 1.54) is 0 Å². The highest BCUT2D eigenvalue weighted by atomic mass is 35.5. The number of nitrogens with zero attached hydrogens (tertiary/aromatic N) is 2. The van der Waals surface area contributed by atoms with Crippen LogP contribution in [0.3, 0.4) is 0 Å². The summed E-state index contributed by atoms with van der Waals surface area (Å²) in [6.07, 6.45) is 3.97. The minimum Gasteiger partial charge on any atom is -0.324 e. The molecule has 1 heterocycles. The molecule has 6 nitrogen and oxygen atoms in total. The quantitative estimate of drug-likeness (QED) is 0.707. The Morgan fingerprint density at radius 3 is 2.50 bits per heavy atom. The number of amides is 2. The highest BCUT2D eigenvalue weighted by Gasteiger charge is 2.30. The Labute approximate surface area is 170 Å². The molecule has 0 radical (unpaired) electrons. The van der Waals surface area contributed by atoms with Crippen LogP contribution in [-0.4, -0.2) is 40.8 Å². The Morgan fingerprint density at radius 2 is 1.86 bits per heavy atom. The van der Waals surface area contributed by atoms with E-state index >= 15 is 0 Å². The predicted molar refractivity (Wildman–Crippen MR) is 112 cm³/mol. The molecule has 2 N–H and O–H groups in total. The van der Waals surface area contributed by atoms with E-state index in [9.17, 15) is 9.59 Å². The molecule has 148 valence electrons. The second-order valence-electron chi connectivity index (χ2n) is 7.17. The maximum Gasteiger partial charge on any atom is 0.238 e. The molecule has 2 aromatic rings. The van der Waals surface area contributed by atoms with Crippen molar-refractivity contribution in [2.45, 2.75) is 39.2 Å². The zero-order valence-corrected chi connectivity index (χ0v) is 16.9. The maximum atomic E-state index is 12.6. The molecule has 3 rings (SSSR count). The van der Waals surface area contributed by atoms with E-state index in [1.807, 2.05) is 32.0 Å². The van der Waals surface area contributed by atoms with Crippen LogP contribution in [0, 0.1) is 13.8 Å². The van der Waals surface area contributed by atoms with Gasteiger partial charge in [0.25, 0.3) is 0 Å². The third-order valence-electron chi connectivity index (χ3n) is 4.77. The molecule has 1 fully saturated rings. The predicted octanol–water partition coefficient (Wildman–Crippen LogP) is 3.78. The number of nitrogens with one attached hydrogen (secondary N) is 2. The van der Waals surface area contributed by atoms with Gasteiger partial charge in [0.2, 0.25) is 11.8 Å². The summed E-state index contributed by atoms with van der Waals surface area (Å²) in [7, 11) is 0. The molecule has 0 spiro atoms. The first-order valence-corrected chi connectivity index (χ1v) is 9.81. The van der Waals surface area contributed by atoms with Crippen molar-refractivity contribution in [3.8, 4) is 0 Å². The largest absolute Gasteiger partial charge is 0.324 e. The summed E-state index contributed by atoms with van der Waals surface area (Å²) in [5, 5.41) is 6.28. The zero-order valence-electron chi connectivity index (χ0n) is 16.2. The van der Waals surface area contributed by atoms with Crippen LogP contribution in [0.1, 0.15) is 30.4 Å². The number of rotatable bonds is 8. The van der Waals surface area contributed by atoms with Crippen LogP contribution in [0.25, 0.3) is 0 Å². The van der Waals surface area contributed by atoms with Crippen LogP contribution in [0.5, 0.6) is 0 Å². The highest BCUT2D eigenvalue weighted by Crippen LogP contribution is 2.27. The maximum absolute atomic E-state index is 12.6. The summed E-state index contributed by atoms with van der Waals surface area (Å²) in [6, 6.07) is 9.58. The second-order valence-corrected chi connectivity index (χ2v) is 7.61. The number of pyridine rings is 1. The van der Waals surface area contributed by atoms with E-state index in [2.05, 4.69) is 20.5 Å². The Kier molecular flexibility index (Phi) is 6.65. The molecule has 1 aliphatic carbocycles. The van der Waals surface area contributed by atoms with Gasteiger partial charge in [-0.25, -0.2) is 4.98 Å². The van der Waals surface area contributed by atoms with Crippen LogP contribution < -0.4 is 10.6 Å². The Bertz CT molecular complexity index is 847. The fraction of sp³-hybridized carbons (Fsp3) is 0.381. The van der Waals surface area contributed by atoms with E-state index in [-0.39, 0.29) is 18.4 Å². The van der Waals surface area contributed by atoms with Crippen LogP contribution in [0.15, 0.2) is 36.5 Å². The number of aryl methyl sites for hydroxylation is 2. The van der Waals surface area contributed by atoms with Gasteiger partial charge < -0.3 is 10.6 Å². The van der Waals surface area contributed by atoms with E-state index in [4.69, 9.17) is 11.6 Å². The summed E-state index contributed by atoms with van der Waals surface area (Å²) >= 11 is 5.91. The molecule has 0 saturated heterocycles. The zero-order chi connectivity index (χ0) is 20.1. The molecule has 0 bridgehead atoms. The lowest BCUT2D eigenvalue weighted by Crippen LogP contribution is -2.37. The van der Waals surface area contributed by atoms with E-state index in [1.54, 1.807) is 18.3 Å². The number of carbonyl (C=O) groups is 2. The first-order valence-electron chi connectivity index (χ1n) is 9.44. The normalized spacial score (nSPS) is 13.4. The Morgan fingerprint density at radius 1 is 1.14 bits per heavy atom. The van der Waals surface area contributed by atoms with Crippen LogP contribution in [-0.2, 0) is 9.59 Å². The SMILES string of the molecule is Cc1cccc(C)c1NC(=O)CN(CCC(=O)Nc1cc(Cl)ccn1)C1CC1. The number of carbonyl (C=O) groups excluding carboxylic acids is 2. The topological polar surface area (TPSA) is 74.3 Å². The van der Waals surface area contributed by atoms with Crippen molar-refractivity contribution in [3.63, 3.8) is 0 Å². The fourth-order valence-corrected chi connectivity index (χ4v) is 3.29. The van der Waals surface area contributed by atoms with Crippen LogP contribution >= 0.6 is 11.6 Å². The Balaban J connectivity index is 1.52. The molecule has 0 unspecified atom stereocenters. The van der Waals surface area contributed by atoms with Crippen molar-refractivity contribution in [2.75, 3.05) is 23.7 Å². The lowest BCUT2D eigenvalue weighted by molar-refractivity contribution is -0.119. The summed E-state index contributed by atoms with van der Waals surface area (Å²) < 4.78 is 0. The van der Waals surface area contributed by atoms with Gasteiger partial charge in [-0.3, -0.25) is 14.5 Å². The molecule has 7 heteroatoms. The lowest BCUT2D eigenvalue weighted by atomic mass is 10.1. The second kappa shape index (κ2) is 9.17. The molecular weight excluding hydrogens is 376 g/mol. The average molecular weight is 401 g/mol. The number of hydrogen-bond donors (Lipinski definition) is 2. The number of aromatic nitrogens is 1. The number of hydrogen-bond acceptors (Lipinski definition) is 4. The average Bonchev–Trinajstić information content (AvgIpc) is 3.47. The van der Waals surface area contributed by atoms with Gasteiger partial charge in [-0.1, -0.05) is 29.8 Å². The molecular formula is C21H25ClN4O2. The van der Waals surface area contributed by atoms with Gasteiger partial charge in [-0.15, -0.1) is 0 Å². The number of halogens is 1. The summed E-state index contributed by atoms with van der Waals surface area (Å²) in [4.78, 5) is 30.9. The molecule has 28 heavy (non-hydrogen) atoms. The first kappa shape index (κ1) is 20.3. The van der Waals surface area contributed by atoms with E-state index in [0.29, 0.717) is 29.8 Å². The van der Waals surface area contributed by atoms with Crippen molar-refractivity contribution in [1.29, 1.82) is 0 Å². The lowest BCUT2D eigenvalue weighted by Gasteiger charge is -2.21. The highest BCUT2D eigenvalue weighted by molar-refractivity contribution is 6.30. The first-order chi connectivity index (χ1) is 13.4. The monoisotopic (exact) mass is 400 g/mol. The van der Waals surface area contributed by atoms with Crippen molar-refractivity contribution in [3.05, 3.63) is 52.7 Å². The third-order valence-corrected chi connectivity index (χ3v) is 5.01. The molecule has 2 amide bonds. The molecule has 1 aromatic heterocycles.